The fourth-order valence-electron chi connectivity index (χ4n) is 11.0. The van der Waals surface area contributed by atoms with Gasteiger partial charge >= 0.3 is 7.82 Å². The molecule has 8 nitrogen and oxygen atoms in total. The highest BCUT2D eigenvalue weighted by atomic mass is 31.2. The van der Waals surface area contributed by atoms with Crippen LogP contribution in [0.15, 0.2) is 122 Å². The lowest BCUT2D eigenvalue weighted by Crippen LogP contribution is -2.45. The summed E-state index contributed by atoms with van der Waals surface area (Å²) in [5, 5.41) is 14.0. The van der Waals surface area contributed by atoms with Gasteiger partial charge in [0.15, 0.2) is 0 Å². The zero-order valence-corrected chi connectivity index (χ0v) is 61.2. The Kier molecular flexibility index (Phi) is 68.8. The molecule has 0 fully saturated rings. The second kappa shape index (κ2) is 71.2. The van der Waals surface area contributed by atoms with Crippen molar-refractivity contribution in [2.24, 2.45) is 0 Å². The molecule has 0 aromatic carbocycles. The van der Waals surface area contributed by atoms with Gasteiger partial charge in [0.2, 0.25) is 5.91 Å². The van der Waals surface area contributed by atoms with Crippen LogP contribution in [-0.4, -0.2) is 73.4 Å². The molecule has 0 aliphatic rings. The van der Waals surface area contributed by atoms with E-state index >= 15 is 0 Å². The number of likely N-dealkylation sites (N-methyl/N-ethyl adjacent to an activating group) is 1. The van der Waals surface area contributed by atoms with Gasteiger partial charge in [-0.25, -0.2) is 4.57 Å². The molecule has 0 aromatic rings. The lowest BCUT2D eigenvalue weighted by Gasteiger charge is -2.25. The van der Waals surface area contributed by atoms with Crippen molar-refractivity contribution in [1.29, 1.82) is 0 Å². The number of nitrogens with zero attached hydrogens (tertiary/aromatic N) is 1. The summed E-state index contributed by atoms with van der Waals surface area (Å²) in [7, 11) is 1.57. The smallest absolute Gasteiger partial charge is 0.387 e. The number of aliphatic hydroxyl groups excluding tert-OH is 1. The van der Waals surface area contributed by atoms with Gasteiger partial charge in [0, 0.05) is 6.42 Å². The average Bonchev–Trinajstić information content (AvgIpc) is 3.58. The van der Waals surface area contributed by atoms with Crippen LogP contribution in [0.1, 0.15) is 341 Å². The first-order valence-electron chi connectivity index (χ1n) is 38.4. The van der Waals surface area contributed by atoms with E-state index in [0.29, 0.717) is 17.4 Å². The monoisotopic (exact) mass is 1290 g/mol. The van der Waals surface area contributed by atoms with E-state index in [-0.39, 0.29) is 19.1 Å². The highest BCUT2D eigenvalue weighted by molar-refractivity contribution is 7.47. The van der Waals surface area contributed by atoms with Crippen molar-refractivity contribution >= 4 is 13.7 Å². The maximum Gasteiger partial charge on any atom is 0.472 e. The topological polar surface area (TPSA) is 105 Å². The molecule has 3 atom stereocenters. The minimum Gasteiger partial charge on any atom is -0.387 e. The first kappa shape index (κ1) is 87.9. The summed E-state index contributed by atoms with van der Waals surface area (Å²) in [6.07, 6.45) is 106. The van der Waals surface area contributed by atoms with E-state index in [1.807, 2.05) is 27.2 Å². The van der Waals surface area contributed by atoms with Crippen LogP contribution < -0.4 is 5.32 Å². The van der Waals surface area contributed by atoms with Crippen molar-refractivity contribution in [2.45, 2.75) is 353 Å². The average molecular weight is 1290 g/mol. The lowest BCUT2D eigenvalue weighted by atomic mass is 10.0. The Bertz CT molecular complexity index is 1900. The molecule has 0 aliphatic heterocycles. The number of carbonyl (C=O) groups excluding carboxylic acids is 1. The lowest BCUT2D eigenvalue weighted by molar-refractivity contribution is -0.870. The van der Waals surface area contributed by atoms with Crippen molar-refractivity contribution in [3.63, 3.8) is 0 Å². The number of nitrogens with one attached hydrogen (secondary N) is 1. The largest absolute Gasteiger partial charge is 0.472 e. The van der Waals surface area contributed by atoms with E-state index in [1.54, 1.807) is 6.08 Å². The first-order chi connectivity index (χ1) is 44.5. The number of hydrogen-bond donors (Lipinski definition) is 3. The van der Waals surface area contributed by atoms with Crippen LogP contribution in [0.5, 0.6) is 0 Å². The molecule has 0 heterocycles. The quantitative estimate of drug-likeness (QED) is 0.0243. The summed E-state index contributed by atoms with van der Waals surface area (Å²) in [5.41, 5.74) is 0. The summed E-state index contributed by atoms with van der Waals surface area (Å²) in [6.45, 7) is 4.73. The first-order valence-corrected chi connectivity index (χ1v) is 39.9. The van der Waals surface area contributed by atoms with Crippen LogP contribution in [0.2, 0.25) is 0 Å². The van der Waals surface area contributed by atoms with Crippen molar-refractivity contribution in [3.8, 4) is 0 Å². The minimum absolute atomic E-state index is 0.0568. The molecule has 3 N–H and O–H groups in total. The summed E-state index contributed by atoms with van der Waals surface area (Å²) in [4.78, 5) is 23.5. The van der Waals surface area contributed by atoms with E-state index in [0.717, 1.165) is 96.3 Å². The third kappa shape index (κ3) is 74.2. The van der Waals surface area contributed by atoms with Crippen LogP contribution in [0.3, 0.4) is 0 Å². The van der Waals surface area contributed by atoms with Gasteiger partial charge in [0.05, 0.1) is 39.9 Å². The standard InChI is InChI=1S/C82H147N2O6P/c1-6-8-10-12-14-16-18-20-22-24-26-28-30-32-34-36-38-39-40-41-42-43-44-45-46-48-50-52-54-56-58-60-62-64-66-68-70-72-74-76-82(86)83-80(79-90-91(87,88)89-78-77-84(3,4)5)81(85)75-73-71-69-67-65-63-61-59-57-55-53-51-49-47-37-35-33-31-29-27-25-23-21-19-17-15-13-11-9-7-2/h8,10,14,16,20,22,26,28,32,34,38-39,41-42,44-45,48,50,73,75,80-81,85H,6-7,9,11-13,15,17-19,21,23-25,27,29-31,33,35-37,40,43,46-47,49,51-72,74,76-79H2,1-5H3,(H-,83,86,87,88)/p+1/b10-8-,16-14-,22-20-,28-26-,34-32-,39-38-,42-41-,45-44-,50-48-,75-73+. The maximum atomic E-state index is 13.1. The van der Waals surface area contributed by atoms with Crippen molar-refractivity contribution in [1.82, 2.24) is 5.32 Å². The summed E-state index contributed by atoms with van der Waals surface area (Å²) >= 11 is 0. The molecule has 0 saturated carbocycles. The molecule has 0 bridgehead atoms. The van der Waals surface area contributed by atoms with E-state index in [2.05, 4.69) is 129 Å². The maximum absolute atomic E-state index is 13.1. The van der Waals surface area contributed by atoms with Crippen LogP contribution >= 0.6 is 7.82 Å². The number of phosphoric acid groups is 1. The Morgan fingerprint density at radius 3 is 0.967 bits per heavy atom. The zero-order chi connectivity index (χ0) is 66.2. The van der Waals surface area contributed by atoms with Gasteiger partial charge in [-0.15, -0.1) is 0 Å². The second-order valence-corrected chi connectivity index (χ2v) is 28.5. The Hall–Kier alpha value is -3.10. The molecule has 0 aromatic heterocycles. The van der Waals surface area contributed by atoms with Crippen LogP contribution in [-0.2, 0) is 18.4 Å². The van der Waals surface area contributed by atoms with Crippen LogP contribution in [0, 0.1) is 0 Å². The Balaban J connectivity index is 4.07. The van der Waals surface area contributed by atoms with Gasteiger partial charge in [-0.2, -0.15) is 0 Å². The highest BCUT2D eigenvalue weighted by Crippen LogP contribution is 2.43. The van der Waals surface area contributed by atoms with Gasteiger partial charge in [-0.3, -0.25) is 13.8 Å². The summed E-state index contributed by atoms with van der Waals surface area (Å²) < 4.78 is 23.9. The third-order valence-electron chi connectivity index (χ3n) is 16.9. The molecule has 0 radical (unpaired) electrons. The number of unbranched alkanes of at least 4 members (excludes halogenated alkanes) is 39. The molecule has 0 spiro atoms. The summed E-state index contributed by atoms with van der Waals surface area (Å²) in [5.74, 6) is -0.180. The van der Waals surface area contributed by atoms with Crippen molar-refractivity contribution < 1.29 is 32.9 Å². The van der Waals surface area contributed by atoms with Crippen LogP contribution in [0.4, 0.5) is 0 Å². The molecular weight excluding hydrogens is 1140 g/mol. The molecular formula is C82H148N2O6P+. The summed E-state index contributed by atoms with van der Waals surface area (Å²) in [6, 6.07) is -0.858. The van der Waals surface area contributed by atoms with Crippen molar-refractivity contribution in [2.75, 3.05) is 40.9 Å². The molecule has 3 unspecified atom stereocenters. The molecule has 9 heteroatoms. The molecule has 0 saturated heterocycles. The number of quaternary nitrogens is 1. The predicted octanol–water partition coefficient (Wildman–Crippen LogP) is 25.2. The Morgan fingerprint density at radius 1 is 0.385 bits per heavy atom. The second-order valence-electron chi connectivity index (χ2n) is 27.0. The van der Waals surface area contributed by atoms with Crippen LogP contribution in [0.25, 0.3) is 0 Å². The van der Waals surface area contributed by atoms with Gasteiger partial charge in [0.1, 0.15) is 13.2 Å². The number of amides is 1. The van der Waals surface area contributed by atoms with E-state index in [9.17, 15) is 19.4 Å². The third-order valence-corrected chi connectivity index (χ3v) is 17.9. The Morgan fingerprint density at radius 2 is 0.659 bits per heavy atom. The minimum atomic E-state index is -4.36. The number of hydrogen-bond acceptors (Lipinski definition) is 5. The zero-order valence-electron chi connectivity index (χ0n) is 60.3. The number of rotatable bonds is 70. The van der Waals surface area contributed by atoms with Gasteiger partial charge in [-0.05, 0) is 89.9 Å². The van der Waals surface area contributed by atoms with E-state index in [1.165, 1.54) is 225 Å². The predicted molar refractivity (Wildman–Crippen MR) is 401 cm³/mol. The molecule has 0 rings (SSSR count). The normalized spacial score (nSPS) is 14.2. The SMILES string of the molecule is CC/C=C\C/C=C\C/C=C\C/C=C\C/C=C\C/C=C\C/C=C\C/C=C\C/C=C\CCCCCCCCCCCCCC(=O)NC(COP(=O)(O)OCC[N+](C)(C)C)C(O)/C=C/CCCCCCCCCCCCCCCCCCCCCCCCCCCCCC. The number of allylic oxidation sites excluding steroid dienone is 19. The highest BCUT2D eigenvalue weighted by Gasteiger charge is 2.28. The van der Waals surface area contributed by atoms with Gasteiger partial charge in [-0.1, -0.05) is 367 Å². The van der Waals surface area contributed by atoms with Crippen molar-refractivity contribution in [3.05, 3.63) is 122 Å². The van der Waals surface area contributed by atoms with Gasteiger partial charge < -0.3 is 19.8 Å². The number of phosphoric ester groups is 1. The van der Waals surface area contributed by atoms with E-state index < -0.39 is 20.0 Å². The molecule has 1 amide bonds. The molecule has 526 valence electrons. The number of carbonyl (C=O) groups is 1. The molecule has 0 aliphatic carbocycles. The molecule has 91 heavy (non-hydrogen) atoms. The number of aliphatic hydroxyl groups is 1. The van der Waals surface area contributed by atoms with E-state index in [4.69, 9.17) is 9.05 Å². The fraction of sp³-hybridized carbons (Fsp3) is 0.744. The fourth-order valence-corrected chi connectivity index (χ4v) is 11.8. The Labute approximate surface area is 564 Å². The van der Waals surface area contributed by atoms with Gasteiger partial charge in [0.25, 0.3) is 0 Å².